The van der Waals surface area contributed by atoms with Crippen molar-refractivity contribution in [3.63, 3.8) is 0 Å². The third-order valence-electron chi connectivity index (χ3n) is 3.67. The number of methoxy groups -OCH3 is 1. The van der Waals surface area contributed by atoms with E-state index < -0.39 is 6.10 Å². The van der Waals surface area contributed by atoms with Crippen LogP contribution in [-0.2, 0) is 4.79 Å². The van der Waals surface area contributed by atoms with E-state index in [2.05, 4.69) is 5.32 Å². The average molecular weight is 313 g/mol. The molecule has 0 spiro atoms. The lowest BCUT2D eigenvalue weighted by molar-refractivity contribution is -0.127. The first-order valence-corrected chi connectivity index (χ1v) is 7.68. The first kappa shape index (κ1) is 16.9. The topological polar surface area (TPSA) is 47.6 Å². The van der Waals surface area contributed by atoms with Crippen molar-refractivity contribution in [2.75, 3.05) is 7.11 Å². The third kappa shape index (κ3) is 4.49. The normalized spacial score (nSPS) is 13.0. The van der Waals surface area contributed by atoms with E-state index in [1.807, 2.05) is 62.4 Å². The summed E-state index contributed by atoms with van der Waals surface area (Å²) in [5, 5.41) is 2.96. The van der Waals surface area contributed by atoms with Crippen LogP contribution in [0.2, 0.25) is 0 Å². The molecule has 122 valence electrons. The fraction of sp³-hybridized carbons (Fsp3) is 0.316. The van der Waals surface area contributed by atoms with Crippen molar-refractivity contribution in [1.82, 2.24) is 5.32 Å². The van der Waals surface area contributed by atoms with Crippen molar-refractivity contribution in [2.24, 2.45) is 0 Å². The molecule has 2 aromatic carbocycles. The number of para-hydroxylation sites is 1. The number of hydrogen-bond acceptors (Lipinski definition) is 3. The Morgan fingerprint density at radius 3 is 2.35 bits per heavy atom. The zero-order valence-corrected chi connectivity index (χ0v) is 14.0. The third-order valence-corrected chi connectivity index (χ3v) is 3.67. The van der Waals surface area contributed by atoms with Gasteiger partial charge >= 0.3 is 0 Å². The maximum absolute atomic E-state index is 12.3. The van der Waals surface area contributed by atoms with Crippen molar-refractivity contribution in [3.05, 3.63) is 59.7 Å². The highest BCUT2D eigenvalue weighted by atomic mass is 16.5. The number of hydrogen-bond donors (Lipinski definition) is 1. The molecule has 0 heterocycles. The number of ether oxygens (including phenoxy) is 2. The molecule has 2 rings (SSSR count). The van der Waals surface area contributed by atoms with E-state index in [-0.39, 0.29) is 11.9 Å². The Bertz CT molecular complexity index is 652. The number of amides is 1. The minimum atomic E-state index is -0.574. The van der Waals surface area contributed by atoms with Gasteiger partial charge in [-0.05, 0) is 39.0 Å². The van der Waals surface area contributed by atoms with Crippen LogP contribution in [0.4, 0.5) is 0 Å². The molecule has 0 unspecified atom stereocenters. The molecule has 1 N–H and O–H groups in total. The Balaban J connectivity index is 1.98. The molecule has 0 aromatic heterocycles. The summed E-state index contributed by atoms with van der Waals surface area (Å²) in [6, 6.07) is 15.1. The van der Waals surface area contributed by atoms with Gasteiger partial charge in [-0.3, -0.25) is 4.79 Å². The first-order valence-electron chi connectivity index (χ1n) is 7.68. The summed E-state index contributed by atoms with van der Waals surface area (Å²) in [6.07, 6.45) is -0.574. The highest BCUT2D eigenvalue weighted by Gasteiger charge is 2.19. The Kier molecular flexibility index (Phi) is 5.63. The molecule has 0 saturated heterocycles. The highest BCUT2D eigenvalue weighted by Crippen LogP contribution is 2.24. The van der Waals surface area contributed by atoms with Crippen LogP contribution in [0, 0.1) is 6.92 Å². The number of benzene rings is 2. The smallest absolute Gasteiger partial charge is 0.261 e. The molecule has 0 aliphatic heterocycles. The summed E-state index contributed by atoms with van der Waals surface area (Å²) < 4.78 is 11.0. The molecule has 0 saturated carbocycles. The van der Waals surface area contributed by atoms with E-state index in [4.69, 9.17) is 9.47 Å². The van der Waals surface area contributed by atoms with Crippen molar-refractivity contribution in [1.29, 1.82) is 0 Å². The van der Waals surface area contributed by atoms with Crippen LogP contribution in [0.3, 0.4) is 0 Å². The summed E-state index contributed by atoms with van der Waals surface area (Å²) in [5.74, 6) is 1.28. The monoisotopic (exact) mass is 313 g/mol. The Morgan fingerprint density at radius 2 is 1.70 bits per heavy atom. The largest absolute Gasteiger partial charge is 0.496 e. The average Bonchev–Trinajstić information content (AvgIpc) is 2.56. The van der Waals surface area contributed by atoms with Gasteiger partial charge in [-0.25, -0.2) is 0 Å². The van der Waals surface area contributed by atoms with E-state index in [9.17, 15) is 4.79 Å². The van der Waals surface area contributed by atoms with Gasteiger partial charge in [0.05, 0.1) is 13.2 Å². The fourth-order valence-electron chi connectivity index (χ4n) is 2.31. The van der Waals surface area contributed by atoms with Crippen molar-refractivity contribution < 1.29 is 14.3 Å². The van der Waals surface area contributed by atoms with Crippen LogP contribution in [0.15, 0.2) is 48.5 Å². The zero-order valence-electron chi connectivity index (χ0n) is 14.0. The van der Waals surface area contributed by atoms with Crippen LogP contribution >= 0.6 is 0 Å². The molecule has 4 heteroatoms. The lowest BCUT2D eigenvalue weighted by Crippen LogP contribution is -2.37. The van der Waals surface area contributed by atoms with Crippen LogP contribution in [0.25, 0.3) is 0 Å². The van der Waals surface area contributed by atoms with E-state index in [0.29, 0.717) is 5.75 Å². The Hall–Kier alpha value is -2.49. The molecular weight excluding hydrogens is 290 g/mol. The van der Waals surface area contributed by atoms with Gasteiger partial charge in [0.2, 0.25) is 0 Å². The lowest BCUT2D eigenvalue weighted by Gasteiger charge is -2.20. The van der Waals surface area contributed by atoms with E-state index in [1.165, 1.54) is 0 Å². The number of aryl methyl sites for hydroxylation is 1. The lowest BCUT2D eigenvalue weighted by atomic mass is 10.1. The summed E-state index contributed by atoms with van der Waals surface area (Å²) >= 11 is 0. The summed E-state index contributed by atoms with van der Waals surface area (Å²) in [7, 11) is 1.62. The second-order valence-electron chi connectivity index (χ2n) is 5.55. The fourth-order valence-corrected chi connectivity index (χ4v) is 2.31. The van der Waals surface area contributed by atoms with Gasteiger partial charge in [-0.15, -0.1) is 0 Å². The highest BCUT2D eigenvalue weighted by molar-refractivity contribution is 5.81. The number of nitrogens with one attached hydrogen (secondary N) is 1. The second kappa shape index (κ2) is 7.68. The minimum absolute atomic E-state index is 0.163. The van der Waals surface area contributed by atoms with E-state index in [0.717, 1.165) is 16.9 Å². The molecule has 0 aliphatic carbocycles. The Labute approximate surface area is 137 Å². The van der Waals surface area contributed by atoms with E-state index >= 15 is 0 Å². The predicted molar refractivity (Wildman–Crippen MR) is 90.8 cm³/mol. The van der Waals surface area contributed by atoms with Gasteiger partial charge in [-0.1, -0.05) is 35.9 Å². The van der Waals surface area contributed by atoms with E-state index in [1.54, 1.807) is 14.0 Å². The zero-order chi connectivity index (χ0) is 16.8. The van der Waals surface area contributed by atoms with Crippen molar-refractivity contribution >= 4 is 5.91 Å². The maximum atomic E-state index is 12.3. The summed E-state index contributed by atoms with van der Waals surface area (Å²) in [6.45, 7) is 5.67. The van der Waals surface area contributed by atoms with Crippen LogP contribution in [0.5, 0.6) is 11.5 Å². The summed E-state index contributed by atoms with van der Waals surface area (Å²) in [4.78, 5) is 12.3. The van der Waals surface area contributed by atoms with Crippen LogP contribution < -0.4 is 14.8 Å². The number of carbonyl (C=O) groups is 1. The summed E-state index contributed by atoms with van der Waals surface area (Å²) in [5.41, 5.74) is 2.09. The maximum Gasteiger partial charge on any atom is 0.261 e. The van der Waals surface area contributed by atoms with Gasteiger partial charge in [0.15, 0.2) is 6.10 Å². The van der Waals surface area contributed by atoms with Crippen LogP contribution in [0.1, 0.15) is 31.0 Å². The van der Waals surface area contributed by atoms with Crippen molar-refractivity contribution in [2.45, 2.75) is 32.9 Å². The minimum Gasteiger partial charge on any atom is -0.496 e. The predicted octanol–water partition coefficient (Wildman–Crippen LogP) is 3.65. The van der Waals surface area contributed by atoms with Crippen LogP contribution in [-0.4, -0.2) is 19.1 Å². The number of carbonyl (C=O) groups excluding carboxylic acids is 1. The molecule has 0 radical (unpaired) electrons. The van der Waals surface area contributed by atoms with Gasteiger partial charge < -0.3 is 14.8 Å². The second-order valence-corrected chi connectivity index (χ2v) is 5.55. The number of rotatable bonds is 6. The molecule has 23 heavy (non-hydrogen) atoms. The Morgan fingerprint density at radius 1 is 1.04 bits per heavy atom. The standard InChI is InChI=1S/C19H23NO3/c1-13-9-11-16(12-10-13)23-15(3)19(21)20-14(2)17-7-5-6-8-18(17)22-4/h5-12,14-15H,1-4H3,(H,20,21)/t14-,15-/m1/s1. The van der Waals surface area contributed by atoms with Gasteiger partial charge in [-0.2, -0.15) is 0 Å². The molecule has 0 aliphatic rings. The molecule has 0 fully saturated rings. The molecule has 1 amide bonds. The van der Waals surface area contributed by atoms with Gasteiger partial charge in [0.25, 0.3) is 5.91 Å². The molecule has 0 bridgehead atoms. The van der Waals surface area contributed by atoms with Gasteiger partial charge in [0.1, 0.15) is 11.5 Å². The molecule has 4 nitrogen and oxygen atoms in total. The quantitative estimate of drug-likeness (QED) is 0.885. The molecular formula is C19H23NO3. The first-order chi connectivity index (χ1) is 11.0. The SMILES string of the molecule is COc1ccccc1[C@@H](C)NC(=O)[C@@H](C)Oc1ccc(C)cc1. The molecule has 2 atom stereocenters. The van der Waals surface area contributed by atoms with Crippen molar-refractivity contribution in [3.8, 4) is 11.5 Å². The molecule has 2 aromatic rings. The van der Waals surface area contributed by atoms with Gasteiger partial charge in [0, 0.05) is 5.56 Å².